The van der Waals surface area contributed by atoms with Gasteiger partial charge in [0.2, 0.25) is 0 Å². The second-order valence-electron chi connectivity index (χ2n) is 4.98. The smallest absolute Gasteiger partial charge is 0.128 e. The molecule has 0 amide bonds. The lowest BCUT2D eigenvalue weighted by atomic mass is 10.1. The van der Waals surface area contributed by atoms with E-state index in [1.807, 2.05) is 20.2 Å². The molecule has 0 aliphatic heterocycles. The Morgan fingerprint density at radius 1 is 1.15 bits per heavy atom. The lowest BCUT2D eigenvalue weighted by Gasteiger charge is -2.17. The second kappa shape index (κ2) is 6.27. The molecular formula is C16H18BrFN2. The van der Waals surface area contributed by atoms with E-state index in [1.54, 1.807) is 12.1 Å². The zero-order chi connectivity index (χ0) is 14.7. The molecule has 0 aliphatic rings. The van der Waals surface area contributed by atoms with Crippen molar-refractivity contribution in [1.82, 2.24) is 0 Å². The Labute approximate surface area is 127 Å². The van der Waals surface area contributed by atoms with E-state index >= 15 is 0 Å². The summed E-state index contributed by atoms with van der Waals surface area (Å²) in [6.07, 6.45) is 0. The Morgan fingerprint density at radius 2 is 1.90 bits per heavy atom. The molecule has 0 unspecified atom stereocenters. The molecule has 4 heteroatoms. The van der Waals surface area contributed by atoms with E-state index in [4.69, 9.17) is 0 Å². The molecule has 0 aliphatic carbocycles. The summed E-state index contributed by atoms with van der Waals surface area (Å²) in [5, 5.41) is 3.26. The van der Waals surface area contributed by atoms with Gasteiger partial charge in [-0.05, 0) is 42.8 Å². The molecule has 0 radical (unpaired) electrons. The zero-order valence-electron chi connectivity index (χ0n) is 11.9. The van der Waals surface area contributed by atoms with Gasteiger partial charge in [0.1, 0.15) is 5.82 Å². The fraction of sp³-hybridized carbons (Fsp3) is 0.250. The van der Waals surface area contributed by atoms with Gasteiger partial charge >= 0.3 is 0 Å². The van der Waals surface area contributed by atoms with Gasteiger partial charge in [-0.3, -0.25) is 0 Å². The van der Waals surface area contributed by atoms with Crippen LogP contribution < -0.4 is 10.2 Å². The third-order valence-corrected chi connectivity index (χ3v) is 3.67. The van der Waals surface area contributed by atoms with Crippen LogP contribution in [0.25, 0.3) is 0 Å². The van der Waals surface area contributed by atoms with Gasteiger partial charge in [-0.25, -0.2) is 4.39 Å². The monoisotopic (exact) mass is 336 g/mol. The summed E-state index contributed by atoms with van der Waals surface area (Å²) in [6, 6.07) is 11.1. The molecule has 0 aromatic heterocycles. The number of benzene rings is 2. The Balaban J connectivity index is 2.15. The summed E-state index contributed by atoms with van der Waals surface area (Å²) in [5.41, 5.74) is 4.00. The van der Waals surface area contributed by atoms with Crippen LogP contribution in [0, 0.1) is 12.7 Å². The van der Waals surface area contributed by atoms with Crippen LogP contribution >= 0.6 is 15.9 Å². The number of rotatable bonds is 4. The van der Waals surface area contributed by atoms with Crippen molar-refractivity contribution in [2.24, 2.45) is 0 Å². The average molecular weight is 337 g/mol. The molecule has 0 spiro atoms. The van der Waals surface area contributed by atoms with Crippen LogP contribution in [0.15, 0.2) is 40.9 Å². The summed E-state index contributed by atoms with van der Waals surface area (Å²) in [6.45, 7) is 2.54. The average Bonchev–Trinajstić information content (AvgIpc) is 2.41. The Kier molecular flexibility index (Phi) is 4.65. The van der Waals surface area contributed by atoms with Gasteiger partial charge in [-0.1, -0.05) is 22.0 Å². The van der Waals surface area contributed by atoms with Gasteiger partial charge < -0.3 is 10.2 Å². The number of anilines is 2. The standard InChI is InChI=1S/C16H18BrFN2/c1-11-4-6-14(9-16(11)20(2)3)19-10-12-8-13(17)5-7-15(12)18/h4-9,19H,10H2,1-3H3. The van der Waals surface area contributed by atoms with Crippen molar-refractivity contribution in [3.05, 3.63) is 57.8 Å². The van der Waals surface area contributed by atoms with Crippen molar-refractivity contribution in [1.29, 1.82) is 0 Å². The SMILES string of the molecule is Cc1ccc(NCc2cc(Br)ccc2F)cc1N(C)C. The first kappa shape index (κ1) is 14.9. The van der Waals surface area contributed by atoms with Crippen molar-refractivity contribution >= 4 is 27.3 Å². The number of aryl methyl sites for hydroxylation is 1. The van der Waals surface area contributed by atoms with Crippen molar-refractivity contribution in [3.8, 4) is 0 Å². The largest absolute Gasteiger partial charge is 0.381 e. The van der Waals surface area contributed by atoms with Crippen LogP contribution in [0.4, 0.5) is 15.8 Å². The summed E-state index contributed by atoms with van der Waals surface area (Å²) < 4.78 is 14.6. The quantitative estimate of drug-likeness (QED) is 0.879. The zero-order valence-corrected chi connectivity index (χ0v) is 13.5. The molecular weight excluding hydrogens is 319 g/mol. The van der Waals surface area contributed by atoms with Gasteiger partial charge in [0, 0.05) is 42.1 Å². The van der Waals surface area contributed by atoms with E-state index < -0.39 is 0 Å². The highest BCUT2D eigenvalue weighted by Gasteiger charge is 2.05. The Morgan fingerprint density at radius 3 is 2.60 bits per heavy atom. The molecule has 1 N–H and O–H groups in total. The fourth-order valence-corrected chi connectivity index (χ4v) is 2.49. The van der Waals surface area contributed by atoms with Crippen LogP contribution in [0.5, 0.6) is 0 Å². The number of nitrogens with one attached hydrogen (secondary N) is 1. The summed E-state index contributed by atoms with van der Waals surface area (Å²) in [5.74, 6) is -0.194. The molecule has 106 valence electrons. The van der Waals surface area contributed by atoms with Gasteiger partial charge in [0.15, 0.2) is 0 Å². The first-order valence-electron chi connectivity index (χ1n) is 6.43. The van der Waals surface area contributed by atoms with E-state index in [0.717, 1.165) is 15.8 Å². The van der Waals surface area contributed by atoms with Crippen LogP contribution in [0.2, 0.25) is 0 Å². The lowest BCUT2D eigenvalue weighted by Crippen LogP contribution is -2.11. The minimum absolute atomic E-state index is 0.194. The van der Waals surface area contributed by atoms with Crippen LogP contribution in [0.1, 0.15) is 11.1 Å². The molecule has 2 nitrogen and oxygen atoms in total. The molecule has 2 aromatic rings. The summed E-state index contributed by atoms with van der Waals surface area (Å²) in [7, 11) is 4.03. The maximum Gasteiger partial charge on any atom is 0.128 e. The van der Waals surface area contributed by atoms with E-state index in [-0.39, 0.29) is 5.82 Å². The molecule has 0 saturated heterocycles. The van der Waals surface area contributed by atoms with E-state index in [9.17, 15) is 4.39 Å². The highest BCUT2D eigenvalue weighted by atomic mass is 79.9. The van der Waals surface area contributed by atoms with Crippen molar-refractivity contribution in [2.45, 2.75) is 13.5 Å². The van der Waals surface area contributed by atoms with Crippen molar-refractivity contribution in [3.63, 3.8) is 0 Å². The van der Waals surface area contributed by atoms with Crippen LogP contribution in [-0.4, -0.2) is 14.1 Å². The maximum atomic E-state index is 13.7. The topological polar surface area (TPSA) is 15.3 Å². The minimum atomic E-state index is -0.194. The van der Waals surface area contributed by atoms with E-state index in [0.29, 0.717) is 12.1 Å². The second-order valence-corrected chi connectivity index (χ2v) is 5.90. The van der Waals surface area contributed by atoms with Gasteiger partial charge in [0.25, 0.3) is 0 Å². The minimum Gasteiger partial charge on any atom is -0.381 e. The fourth-order valence-electron chi connectivity index (χ4n) is 2.08. The van der Waals surface area contributed by atoms with Gasteiger partial charge in [-0.15, -0.1) is 0 Å². The van der Waals surface area contributed by atoms with E-state index in [2.05, 4.69) is 45.2 Å². The molecule has 0 atom stereocenters. The Bertz CT molecular complexity index is 611. The molecule has 2 rings (SSSR count). The third-order valence-electron chi connectivity index (χ3n) is 3.18. The van der Waals surface area contributed by atoms with Gasteiger partial charge in [-0.2, -0.15) is 0 Å². The predicted octanol–water partition coefficient (Wildman–Crippen LogP) is 4.57. The van der Waals surface area contributed by atoms with Crippen LogP contribution in [-0.2, 0) is 6.54 Å². The summed E-state index contributed by atoms with van der Waals surface area (Å²) in [4.78, 5) is 2.07. The third kappa shape index (κ3) is 3.51. The van der Waals surface area contributed by atoms with Crippen molar-refractivity contribution in [2.75, 3.05) is 24.3 Å². The molecule has 2 aromatic carbocycles. The Hall–Kier alpha value is -1.55. The first-order chi connectivity index (χ1) is 9.47. The van der Waals surface area contributed by atoms with Crippen LogP contribution in [0.3, 0.4) is 0 Å². The van der Waals surface area contributed by atoms with Crippen molar-refractivity contribution < 1.29 is 4.39 Å². The highest BCUT2D eigenvalue weighted by Crippen LogP contribution is 2.23. The number of hydrogen-bond donors (Lipinski definition) is 1. The highest BCUT2D eigenvalue weighted by molar-refractivity contribution is 9.10. The number of nitrogens with zero attached hydrogens (tertiary/aromatic N) is 1. The molecule has 0 bridgehead atoms. The number of halogens is 2. The molecule has 0 saturated carbocycles. The maximum absolute atomic E-state index is 13.7. The molecule has 20 heavy (non-hydrogen) atoms. The molecule has 0 fully saturated rings. The van der Waals surface area contributed by atoms with Gasteiger partial charge in [0.05, 0.1) is 0 Å². The molecule has 0 heterocycles. The summed E-state index contributed by atoms with van der Waals surface area (Å²) >= 11 is 3.36. The van der Waals surface area contributed by atoms with E-state index in [1.165, 1.54) is 11.6 Å². The number of hydrogen-bond acceptors (Lipinski definition) is 2. The predicted molar refractivity (Wildman–Crippen MR) is 86.9 cm³/mol. The first-order valence-corrected chi connectivity index (χ1v) is 7.22. The normalized spacial score (nSPS) is 10.4. The lowest BCUT2D eigenvalue weighted by molar-refractivity contribution is 0.612.